The molecule has 28 heavy (non-hydrogen) atoms. The minimum absolute atomic E-state index is 0.152. The van der Waals surface area contributed by atoms with E-state index in [9.17, 15) is 9.59 Å². The highest BCUT2D eigenvalue weighted by atomic mass is 16.2. The third kappa shape index (κ3) is 5.04. The van der Waals surface area contributed by atoms with Gasteiger partial charge in [0.15, 0.2) is 0 Å². The first kappa shape index (κ1) is 19.3. The summed E-state index contributed by atoms with van der Waals surface area (Å²) < 4.78 is 0. The maximum atomic E-state index is 12.6. The lowest BCUT2D eigenvalue weighted by Gasteiger charge is -2.12. The summed E-state index contributed by atoms with van der Waals surface area (Å²) in [5.41, 5.74) is 5.01. The second kappa shape index (κ2) is 8.95. The van der Waals surface area contributed by atoms with Gasteiger partial charge < -0.3 is 10.6 Å². The monoisotopic (exact) mass is 373 g/mol. The SMILES string of the molecule is Cc1ccc(C)c(CC(=O)Nc2ccccc2C(=O)NCc2cccnc2)c1. The van der Waals surface area contributed by atoms with Crippen LogP contribution in [0.2, 0.25) is 0 Å². The molecule has 0 unspecified atom stereocenters. The number of amides is 2. The molecule has 0 saturated heterocycles. The fourth-order valence-corrected chi connectivity index (χ4v) is 2.93. The van der Waals surface area contributed by atoms with Crippen LogP contribution in [-0.4, -0.2) is 16.8 Å². The number of aryl methyl sites for hydroxylation is 2. The molecule has 5 nitrogen and oxygen atoms in total. The van der Waals surface area contributed by atoms with Crippen LogP contribution in [0.25, 0.3) is 0 Å². The zero-order chi connectivity index (χ0) is 19.9. The minimum Gasteiger partial charge on any atom is -0.348 e. The first-order valence-electron chi connectivity index (χ1n) is 9.15. The maximum Gasteiger partial charge on any atom is 0.253 e. The molecule has 0 aliphatic carbocycles. The van der Waals surface area contributed by atoms with Crippen molar-refractivity contribution < 1.29 is 9.59 Å². The molecule has 3 aromatic rings. The van der Waals surface area contributed by atoms with E-state index in [2.05, 4.69) is 15.6 Å². The lowest BCUT2D eigenvalue weighted by Crippen LogP contribution is -2.25. The van der Waals surface area contributed by atoms with E-state index >= 15 is 0 Å². The Bertz CT molecular complexity index is 984. The maximum absolute atomic E-state index is 12.6. The van der Waals surface area contributed by atoms with Gasteiger partial charge >= 0.3 is 0 Å². The molecule has 0 aliphatic heterocycles. The van der Waals surface area contributed by atoms with Crippen LogP contribution in [0.1, 0.15) is 32.6 Å². The van der Waals surface area contributed by atoms with Crippen molar-refractivity contribution in [2.75, 3.05) is 5.32 Å². The number of hydrogen-bond donors (Lipinski definition) is 2. The van der Waals surface area contributed by atoms with E-state index in [1.807, 2.05) is 44.2 Å². The molecule has 2 aromatic carbocycles. The van der Waals surface area contributed by atoms with Crippen molar-refractivity contribution >= 4 is 17.5 Å². The Morgan fingerprint density at radius 1 is 1.00 bits per heavy atom. The normalized spacial score (nSPS) is 10.4. The van der Waals surface area contributed by atoms with Gasteiger partial charge in [-0.3, -0.25) is 14.6 Å². The van der Waals surface area contributed by atoms with Crippen LogP contribution in [0.5, 0.6) is 0 Å². The second-order valence-corrected chi connectivity index (χ2v) is 6.74. The van der Waals surface area contributed by atoms with Crippen LogP contribution in [0.3, 0.4) is 0 Å². The van der Waals surface area contributed by atoms with Crippen molar-refractivity contribution in [2.24, 2.45) is 0 Å². The summed E-state index contributed by atoms with van der Waals surface area (Å²) in [4.78, 5) is 29.2. The van der Waals surface area contributed by atoms with Crippen molar-refractivity contribution in [1.82, 2.24) is 10.3 Å². The van der Waals surface area contributed by atoms with Gasteiger partial charge in [-0.25, -0.2) is 0 Å². The Kier molecular flexibility index (Phi) is 6.17. The average Bonchev–Trinajstić information content (AvgIpc) is 2.70. The fraction of sp³-hybridized carbons (Fsp3) is 0.174. The number of pyridine rings is 1. The molecule has 2 amide bonds. The number of aromatic nitrogens is 1. The van der Waals surface area contributed by atoms with E-state index < -0.39 is 0 Å². The van der Waals surface area contributed by atoms with Gasteiger partial charge in [-0.15, -0.1) is 0 Å². The number of para-hydroxylation sites is 1. The summed E-state index contributed by atoms with van der Waals surface area (Å²) in [6.07, 6.45) is 3.66. The van der Waals surface area contributed by atoms with Gasteiger partial charge in [-0.2, -0.15) is 0 Å². The van der Waals surface area contributed by atoms with Crippen LogP contribution in [0.15, 0.2) is 67.0 Å². The molecular formula is C23H23N3O2. The number of anilines is 1. The smallest absolute Gasteiger partial charge is 0.253 e. The number of rotatable bonds is 6. The Morgan fingerprint density at radius 2 is 1.82 bits per heavy atom. The second-order valence-electron chi connectivity index (χ2n) is 6.74. The first-order chi connectivity index (χ1) is 13.5. The van der Waals surface area contributed by atoms with E-state index in [0.29, 0.717) is 17.8 Å². The molecule has 0 aliphatic rings. The topological polar surface area (TPSA) is 71.1 Å². The van der Waals surface area contributed by atoms with Crippen LogP contribution in [-0.2, 0) is 17.8 Å². The number of nitrogens with zero attached hydrogens (tertiary/aromatic N) is 1. The largest absolute Gasteiger partial charge is 0.348 e. The standard InChI is InChI=1S/C23H23N3O2/c1-16-9-10-17(2)19(12-16)13-22(27)26-21-8-4-3-7-20(21)23(28)25-15-18-6-5-11-24-14-18/h3-12,14H,13,15H2,1-2H3,(H,25,28)(H,26,27). The number of benzene rings is 2. The van der Waals surface area contributed by atoms with Gasteiger partial charge in [0, 0.05) is 18.9 Å². The predicted octanol–water partition coefficient (Wildman–Crippen LogP) is 3.81. The zero-order valence-corrected chi connectivity index (χ0v) is 16.0. The molecule has 0 bridgehead atoms. The number of carbonyl (C=O) groups excluding carboxylic acids is 2. The predicted molar refractivity (Wildman–Crippen MR) is 110 cm³/mol. The third-order valence-electron chi connectivity index (χ3n) is 4.48. The fourth-order valence-electron chi connectivity index (χ4n) is 2.93. The highest BCUT2D eigenvalue weighted by Gasteiger charge is 2.14. The highest BCUT2D eigenvalue weighted by Crippen LogP contribution is 2.17. The molecule has 0 fully saturated rings. The number of hydrogen-bond acceptors (Lipinski definition) is 3. The van der Waals surface area contributed by atoms with E-state index in [4.69, 9.17) is 0 Å². The number of carbonyl (C=O) groups is 2. The average molecular weight is 373 g/mol. The number of nitrogens with one attached hydrogen (secondary N) is 2. The minimum atomic E-state index is -0.244. The van der Waals surface area contributed by atoms with Gasteiger partial charge in [0.2, 0.25) is 5.91 Å². The van der Waals surface area contributed by atoms with Crippen LogP contribution in [0, 0.1) is 13.8 Å². The highest BCUT2D eigenvalue weighted by molar-refractivity contribution is 6.04. The summed E-state index contributed by atoms with van der Waals surface area (Å²) in [6, 6.07) is 16.8. The van der Waals surface area contributed by atoms with Crippen molar-refractivity contribution in [1.29, 1.82) is 0 Å². The summed E-state index contributed by atoms with van der Waals surface area (Å²) >= 11 is 0. The van der Waals surface area contributed by atoms with Crippen LogP contribution < -0.4 is 10.6 Å². The Balaban J connectivity index is 1.68. The van der Waals surface area contributed by atoms with Crippen molar-refractivity contribution in [2.45, 2.75) is 26.8 Å². The van der Waals surface area contributed by atoms with Crippen molar-refractivity contribution in [3.63, 3.8) is 0 Å². The molecule has 1 aromatic heterocycles. The molecule has 0 atom stereocenters. The van der Waals surface area contributed by atoms with E-state index in [0.717, 1.165) is 22.3 Å². The Labute approximate surface area is 164 Å². The van der Waals surface area contributed by atoms with Gasteiger partial charge in [-0.05, 0) is 48.7 Å². The first-order valence-corrected chi connectivity index (χ1v) is 9.15. The lowest BCUT2D eigenvalue weighted by molar-refractivity contribution is -0.115. The van der Waals surface area contributed by atoms with E-state index in [-0.39, 0.29) is 18.2 Å². The summed E-state index contributed by atoms with van der Waals surface area (Å²) in [6.45, 7) is 4.36. The molecule has 5 heteroatoms. The summed E-state index contributed by atoms with van der Waals surface area (Å²) in [5, 5.41) is 5.74. The molecule has 2 N–H and O–H groups in total. The molecule has 3 rings (SSSR count). The van der Waals surface area contributed by atoms with Crippen molar-refractivity contribution in [3.05, 3.63) is 94.8 Å². The summed E-state index contributed by atoms with van der Waals surface area (Å²) in [7, 11) is 0. The van der Waals surface area contributed by atoms with Crippen molar-refractivity contribution in [3.8, 4) is 0 Å². The molecule has 0 radical (unpaired) electrons. The lowest BCUT2D eigenvalue weighted by atomic mass is 10.0. The molecule has 142 valence electrons. The Morgan fingerprint density at radius 3 is 2.61 bits per heavy atom. The Hall–Kier alpha value is -3.47. The van der Waals surface area contributed by atoms with Gasteiger partial charge in [0.1, 0.15) is 0 Å². The quantitative estimate of drug-likeness (QED) is 0.690. The van der Waals surface area contributed by atoms with Gasteiger partial charge in [0.05, 0.1) is 17.7 Å². The van der Waals surface area contributed by atoms with E-state index in [1.165, 1.54) is 0 Å². The molecule has 0 saturated carbocycles. The third-order valence-corrected chi connectivity index (χ3v) is 4.48. The summed E-state index contributed by atoms with van der Waals surface area (Å²) in [5.74, 6) is -0.396. The molecule has 1 heterocycles. The molecular weight excluding hydrogens is 350 g/mol. The molecule has 0 spiro atoms. The van der Waals surface area contributed by atoms with Gasteiger partial charge in [-0.1, -0.05) is 42.0 Å². The van der Waals surface area contributed by atoms with E-state index in [1.54, 1.807) is 36.7 Å². The van der Waals surface area contributed by atoms with Crippen LogP contribution in [0.4, 0.5) is 5.69 Å². The van der Waals surface area contributed by atoms with Gasteiger partial charge in [0.25, 0.3) is 5.91 Å². The zero-order valence-electron chi connectivity index (χ0n) is 16.0. The van der Waals surface area contributed by atoms with Crippen LogP contribution >= 0.6 is 0 Å².